The fourth-order valence-corrected chi connectivity index (χ4v) is 3.27. The number of hydrogen-bond acceptors (Lipinski definition) is 2. The highest BCUT2D eigenvalue weighted by Gasteiger charge is 2.30. The molecular formula is C19H29N5. The van der Waals surface area contributed by atoms with Crippen LogP contribution in [-0.4, -0.2) is 47.0 Å². The third-order valence-corrected chi connectivity index (χ3v) is 4.58. The Balaban J connectivity index is 1.55. The van der Waals surface area contributed by atoms with Crippen LogP contribution in [0.1, 0.15) is 39.4 Å². The Kier molecular flexibility index (Phi) is 5.07. The second-order valence-corrected chi connectivity index (χ2v) is 7.38. The van der Waals surface area contributed by atoms with E-state index in [4.69, 9.17) is 4.99 Å². The van der Waals surface area contributed by atoms with Crippen LogP contribution in [0.25, 0.3) is 11.0 Å². The molecule has 1 saturated heterocycles. The third kappa shape index (κ3) is 4.08. The summed E-state index contributed by atoms with van der Waals surface area (Å²) in [7, 11) is 0. The van der Waals surface area contributed by atoms with Gasteiger partial charge in [-0.3, -0.25) is 4.99 Å². The number of aromatic amines is 1. The van der Waals surface area contributed by atoms with Crippen molar-refractivity contribution in [2.24, 2.45) is 10.4 Å². The molecule has 1 aliphatic heterocycles. The number of aliphatic imine (C=N–C) groups is 1. The molecule has 1 aromatic heterocycles. The van der Waals surface area contributed by atoms with E-state index in [1.54, 1.807) is 0 Å². The van der Waals surface area contributed by atoms with Gasteiger partial charge in [0.15, 0.2) is 5.96 Å². The van der Waals surface area contributed by atoms with Gasteiger partial charge in [0.1, 0.15) is 5.82 Å². The number of likely N-dealkylation sites (tertiary alicyclic amines) is 1. The summed E-state index contributed by atoms with van der Waals surface area (Å²) >= 11 is 0. The number of imidazole rings is 1. The molecule has 5 nitrogen and oxygen atoms in total. The molecule has 1 aliphatic rings. The molecule has 0 saturated carbocycles. The number of H-pyrrole nitrogens is 1. The minimum absolute atomic E-state index is 0.393. The largest absolute Gasteiger partial charge is 0.357 e. The van der Waals surface area contributed by atoms with Gasteiger partial charge in [0.05, 0.1) is 11.0 Å². The van der Waals surface area contributed by atoms with Gasteiger partial charge >= 0.3 is 0 Å². The van der Waals surface area contributed by atoms with Crippen molar-refractivity contribution in [2.75, 3.05) is 26.2 Å². The monoisotopic (exact) mass is 327 g/mol. The van der Waals surface area contributed by atoms with Gasteiger partial charge in [-0.1, -0.05) is 26.0 Å². The third-order valence-electron chi connectivity index (χ3n) is 4.58. The van der Waals surface area contributed by atoms with E-state index in [-0.39, 0.29) is 0 Å². The Morgan fingerprint density at radius 3 is 2.92 bits per heavy atom. The van der Waals surface area contributed by atoms with Crippen molar-refractivity contribution < 1.29 is 0 Å². The van der Waals surface area contributed by atoms with Crippen LogP contribution in [0.4, 0.5) is 0 Å². The van der Waals surface area contributed by atoms with E-state index < -0.39 is 0 Å². The molecule has 130 valence electrons. The molecule has 2 heterocycles. The average Bonchev–Trinajstić information content (AvgIpc) is 3.12. The fraction of sp³-hybridized carbons (Fsp3) is 0.579. The van der Waals surface area contributed by atoms with Crippen LogP contribution in [0.15, 0.2) is 29.3 Å². The lowest BCUT2D eigenvalue weighted by atomic mass is 9.93. The molecule has 0 spiro atoms. The number of rotatable bonds is 5. The summed E-state index contributed by atoms with van der Waals surface area (Å²) in [6.45, 7) is 10.7. The number of para-hydroxylation sites is 2. The summed E-state index contributed by atoms with van der Waals surface area (Å²) in [5, 5.41) is 3.43. The molecule has 2 aromatic rings. The van der Waals surface area contributed by atoms with E-state index >= 15 is 0 Å². The molecule has 1 fully saturated rings. The van der Waals surface area contributed by atoms with E-state index in [0.717, 1.165) is 61.8 Å². The van der Waals surface area contributed by atoms with Gasteiger partial charge < -0.3 is 15.2 Å². The van der Waals surface area contributed by atoms with Crippen molar-refractivity contribution in [3.63, 3.8) is 0 Å². The maximum Gasteiger partial charge on any atom is 0.193 e. The minimum atomic E-state index is 0.393. The summed E-state index contributed by atoms with van der Waals surface area (Å²) in [5.74, 6) is 2.12. The number of benzene rings is 1. The first-order valence-electron chi connectivity index (χ1n) is 9.04. The zero-order valence-electron chi connectivity index (χ0n) is 15.1. The maximum absolute atomic E-state index is 4.82. The van der Waals surface area contributed by atoms with Crippen LogP contribution < -0.4 is 5.32 Å². The Labute approximate surface area is 144 Å². The second kappa shape index (κ2) is 7.24. The predicted octanol–water partition coefficient (Wildman–Crippen LogP) is 3.19. The first-order chi connectivity index (χ1) is 11.6. The molecule has 0 bridgehead atoms. The molecule has 24 heavy (non-hydrogen) atoms. The van der Waals surface area contributed by atoms with Gasteiger partial charge in [-0.05, 0) is 37.3 Å². The normalized spacial score (nSPS) is 17.6. The lowest BCUT2D eigenvalue weighted by Crippen LogP contribution is -2.40. The summed E-state index contributed by atoms with van der Waals surface area (Å²) in [6, 6.07) is 8.18. The molecule has 1 aromatic carbocycles. The molecular weight excluding hydrogens is 298 g/mol. The number of nitrogens with zero attached hydrogens (tertiary/aromatic N) is 3. The smallest absolute Gasteiger partial charge is 0.193 e. The van der Waals surface area contributed by atoms with Gasteiger partial charge in [0.2, 0.25) is 0 Å². The number of fused-ring (bicyclic) bond motifs is 1. The Bertz CT molecular complexity index is 668. The van der Waals surface area contributed by atoms with E-state index in [1.807, 2.05) is 18.2 Å². The average molecular weight is 327 g/mol. The highest BCUT2D eigenvalue weighted by Crippen LogP contribution is 2.28. The van der Waals surface area contributed by atoms with Gasteiger partial charge in [0, 0.05) is 32.6 Å². The first kappa shape index (κ1) is 16.8. The molecule has 2 N–H and O–H groups in total. The van der Waals surface area contributed by atoms with E-state index in [9.17, 15) is 0 Å². The minimum Gasteiger partial charge on any atom is -0.357 e. The quantitative estimate of drug-likeness (QED) is 0.504. The van der Waals surface area contributed by atoms with Gasteiger partial charge in [-0.2, -0.15) is 0 Å². The standard InChI is InChI=1S/C19H29N5/c1-4-20-18(24-13-11-19(2,3)14-24)21-12-7-10-17-22-15-8-5-6-9-16(15)23-17/h5-6,8-9H,4,7,10-14H2,1-3H3,(H,20,21)(H,22,23). The lowest BCUT2D eigenvalue weighted by Gasteiger charge is -2.23. The molecule has 0 unspecified atom stereocenters. The van der Waals surface area contributed by atoms with Crippen LogP contribution in [0.3, 0.4) is 0 Å². The van der Waals surface area contributed by atoms with Crippen molar-refractivity contribution >= 4 is 17.0 Å². The number of hydrogen-bond donors (Lipinski definition) is 2. The molecule has 3 rings (SSSR count). The van der Waals surface area contributed by atoms with Crippen LogP contribution >= 0.6 is 0 Å². The second-order valence-electron chi connectivity index (χ2n) is 7.38. The highest BCUT2D eigenvalue weighted by molar-refractivity contribution is 5.80. The van der Waals surface area contributed by atoms with Crippen LogP contribution in [0, 0.1) is 5.41 Å². The van der Waals surface area contributed by atoms with Crippen LogP contribution in [0.5, 0.6) is 0 Å². The predicted molar refractivity (Wildman–Crippen MR) is 100 cm³/mol. The molecule has 0 atom stereocenters. The Morgan fingerprint density at radius 1 is 1.38 bits per heavy atom. The number of aromatic nitrogens is 2. The van der Waals surface area contributed by atoms with Gasteiger partial charge in [0.25, 0.3) is 0 Å². The zero-order chi connectivity index (χ0) is 17.0. The van der Waals surface area contributed by atoms with E-state index in [2.05, 4.69) is 47.0 Å². The van der Waals surface area contributed by atoms with E-state index in [0.29, 0.717) is 5.41 Å². The lowest BCUT2D eigenvalue weighted by molar-refractivity contribution is 0.370. The fourth-order valence-electron chi connectivity index (χ4n) is 3.27. The molecule has 0 amide bonds. The van der Waals surface area contributed by atoms with Crippen LogP contribution in [0.2, 0.25) is 0 Å². The van der Waals surface area contributed by atoms with Crippen molar-refractivity contribution in [3.8, 4) is 0 Å². The first-order valence-corrected chi connectivity index (χ1v) is 9.04. The van der Waals surface area contributed by atoms with Crippen molar-refractivity contribution in [1.82, 2.24) is 20.2 Å². The summed E-state index contributed by atoms with van der Waals surface area (Å²) < 4.78 is 0. The summed E-state index contributed by atoms with van der Waals surface area (Å²) in [6.07, 6.45) is 3.17. The number of guanidine groups is 1. The summed E-state index contributed by atoms with van der Waals surface area (Å²) in [4.78, 5) is 15.2. The highest BCUT2D eigenvalue weighted by atomic mass is 15.3. The van der Waals surface area contributed by atoms with Crippen LogP contribution in [-0.2, 0) is 6.42 Å². The summed E-state index contributed by atoms with van der Waals surface area (Å²) in [5.41, 5.74) is 2.55. The zero-order valence-corrected chi connectivity index (χ0v) is 15.1. The van der Waals surface area contributed by atoms with Crippen molar-refractivity contribution in [2.45, 2.75) is 40.0 Å². The molecule has 0 radical (unpaired) electrons. The SMILES string of the molecule is CCNC(=NCCCc1nc2ccccc2[nH]1)N1CCC(C)(C)C1. The Hall–Kier alpha value is -2.04. The maximum atomic E-state index is 4.82. The van der Waals surface area contributed by atoms with Gasteiger partial charge in [-0.15, -0.1) is 0 Å². The Morgan fingerprint density at radius 2 is 2.21 bits per heavy atom. The molecule has 5 heteroatoms. The number of nitrogens with one attached hydrogen (secondary N) is 2. The van der Waals surface area contributed by atoms with Crippen molar-refractivity contribution in [3.05, 3.63) is 30.1 Å². The number of aryl methyl sites for hydroxylation is 1. The molecule has 0 aliphatic carbocycles. The van der Waals surface area contributed by atoms with Crippen molar-refractivity contribution in [1.29, 1.82) is 0 Å². The topological polar surface area (TPSA) is 56.3 Å². The van der Waals surface area contributed by atoms with E-state index in [1.165, 1.54) is 6.42 Å². The van der Waals surface area contributed by atoms with Gasteiger partial charge in [-0.25, -0.2) is 4.98 Å².